The van der Waals surface area contributed by atoms with Gasteiger partial charge < -0.3 is 10.1 Å². The Morgan fingerprint density at radius 2 is 2.17 bits per heavy atom. The Labute approximate surface area is 136 Å². The lowest BCUT2D eigenvalue weighted by molar-refractivity contribution is 0.415. The zero-order chi connectivity index (χ0) is 15.6. The molecule has 0 spiro atoms. The minimum absolute atomic E-state index is 0.487. The van der Waals surface area contributed by atoms with Crippen LogP contribution in [-0.4, -0.2) is 29.6 Å². The molecule has 1 aromatic carbocycles. The van der Waals surface area contributed by atoms with Crippen LogP contribution in [0.5, 0.6) is 5.75 Å². The highest BCUT2D eigenvalue weighted by Crippen LogP contribution is 2.31. The number of nitrogens with one attached hydrogen (secondary N) is 1. The standard InChI is InChI=1S/C19H21N3O/c1-23-16-8-4-6-14(12-16)19-21-18(15-7-5-10-20-13-15)17-9-2-3-11-22(17)19/h2-4,6,8-9,11-12,15,20H,5,7,10,13H2,1H3. The third-order valence-corrected chi connectivity index (χ3v) is 4.59. The molecule has 0 amide bonds. The second kappa shape index (κ2) is 6.05. The van der Waals surface area contributed by atoms with Gasteiger partial charge in [-0.2, -0.15) is 0 Å². The molecular formula is C19H21N3O. The van der Waals surface area contributed by atoms with Crippen molar-refractivity contribution in [3.63, 3.8) is 0 Å². The fourth-order valence-electron chi connectivity index (χ4n) is 3.41. The van der Waals surface area contributed by atoms with Crippen LogP contribution < -0.4 is 10.1 Å². The van der Waals surface area contributed by atoms with Crippen LogP contribution >= 0.6 is 0 Å². The number of ether oxygens (including phenoxy) is 1. The van der Waals surface area contributed by atoms with Crippen LogP contribution in [0.3, 0.4) is 0 Å². The fraction of sp³-hybridized carbons (Fsp3) is 0.316. The third-order valence-electron chi connectivity index (χ3n) is 4.59. The molecule has 1 N–H and O–H groups in total. The molecule has 1 aliphatic heterocycles. The number of hydrogen-bond donors (Lipinski definition) is 1. The first-order valence-electron chi connectivity index (χ1n) is 8.19. The van der Waals surface area contributed by atoms with Gasteiger partial charge in [0.05, 0.1) is 18.3 Å². The third kappa shape index (κ3) is 2.59. The van der Waals surface area contributed by atoms with Crippen molar-refractivity contribution in [2.45, 2.75) is 18.8 Å². The molecule has 2 aromatic heterocycles. The smallest absolute Gasteiger partial charge is 0.144 e. The van der Waals surface area contributed by atoms with Crippen molar-refractivity contribution in [3.05, 3.63) is 54.4 Å². The number of aromatic nitrogens is 2. The average molecular weight is 307 g/mol. The van der Waals surface area contributed by atoms with E-state index in [0.29, 0.717) is 5.92 Å². The summed E-state index contributed by atoms with van der Waals surface area (Å²) in [6, 6.07) is 14.4. The zero-order valence-electron chi connectivity index (χ0n) is 13.3. The molecule has 1 saturated heterocycles. The van der Waals surface area contributed by atoms with Crippen LogP contribution in [0.25, 0.3) is 16.9 Å². The summed E-state index contributed by atoms with van der Waals surface area (Å²) in [5, 5.41) is 3.50. The summed E-state index contributed by atoms with van der Waals surface area (Å²) in [4.78, 5) is 5.03. The number of methoxy groups -OCH3 is 1. The molecule has 1 atom stereocenters. The largest absolute Gasteiger partial charge is 0.497 e. The molecular weight excluding hydrogens is 286 g/mol. The summed E-state index contributed by atoms with van der Waals surface area (Å²) in [5.41, 5.74) is 3.50. The summed E-state index contributed by atoms with van der Waals surface area (Å²) < 4.78 is 7.56. The van der Waals surface area contributed by atoms with E-state index in [9.17, 15) is 0 Å². The SMILES string of the molecule is COc1cccc(-c2nc(C3CCCNC3)c3ccccn23)c1. The van der Waals surface area contributed by atoms with Gasteiger partial charge in [0, 0.05) is 24.2 Å². The lowest BCUT2D eigenvalue weighted by Crippen LogP contribution is -2.28. The average Bonchev–Trinajstić information content (AvgIpc) is 3.02. The maximum atomic E-state index is 5.36. The second-order valence-corrected chi connectivity index (χ2v) is 6.05. The Kier molecular flexibility index (Phi) is 3.75. The molecule has 1 fully saturated rings. The first-order valence-corrected chi connectivity index (χ1v) is 8.19. The zero-order valence-corrected chi connectivity index (χ0v) is 13.3. The molecule has 1 aliphatic rings. The van der Waals surface area contributed by atoms with E-state index in [1.807, 2.05) is 18.2 Å². The highest BCUT2D eigenvalue weighted by molar-refractivity contribution is 5.67. The number of hydrogen-bond acceptors (Lipinski definition) is 3. The molecule has 0 bridgehead atoms. The van der Waals surface area contributed by atoms with Crippen molar-refractivity contribution in [3.8, 4) is 17.1 Å². The summed E-state index contributed by atoms with van der Waals surface area (Å²) in [6.45, 7) is 2.13. The van der Waals surface area contributed by atoms with E-state index >= 15 is 0 Å². The van der Waals surface area contributed by atoms with Gasteiger partial charge in [-0.1, -0.05) is 18.2 Å². The number of imidazole rings is 1. The maximum absolute atomic E-state index is 5.36. The molecule has 3 aromatic rings. The molecule has 1 unspecified atom stereocenters. The van der Waals surface area contributed by atoms with Gasteiger partial charge in [0.2, 0.25) is 0 Å². The number of pyridine rings is 1. The van der Waals surface area contributed by atoms with Crippen LogP contribution in [0.4, 0.5) is 0 Å². The first-order chi connectivity index (χ1) is 11.4. The molecule has 0 saturated carbocycles. The molecule has 0 aliphatic carbocycles. The molecule has 118 valence electrons. The van der Waals surface area contributed by atoms with Crippen molar-refractivity contribution in [1.29, 1.82) is 0 Å². The monoisotopic (exact) mass is 307 g/mol. The molecule has 23 heavy (non-hydrogen) atoms. The van der Waals surface area contributed by atoms with Crippen molar-refractivity contribution >= 4 is 5.52 Å². The fourth-order valence-corrected chi connectivity index (χ4v) is 3.41. The lowest BCUT2D eigenvalue weighted by Gasteiger charge is -2.21. The Morgan fingerprint density at radius 3 is 3.00 bits per heavy atom. The molecule has 4 rings (SSSR count). The topological polar surface area (TPSA) is 38.6 Å². The number of rotatable bonds is 3. The van der Waals surface area contributed by atoms with E-state index in [4.69, 9.17) is 9.72 Å². The van der Waals surface area contributed by atoms with E-state index in [1.54, 1.807) is 7.11 Å². The normalized spacial score (nSPS) is 18.2. The second-order valence-electron chi connectivity index (χ2n) is 6.05. The van der Waals surface area contributed by atoms with Crippen LogP contribution in [0.2, 0.25) is 0 Å². The lowest BCUT2D eigenvalue weighted by atomic mass is 9.95. The first kappa shape index (κ1) is 14.3. The molecule has 0 radical (unpaired) electrons. The predicted molar refractivity (Wildman–Crippen MR) is 92.0 cm³/mol. The number of piperidine rings is 1. The Morgan fingerprint density at radius 1 is 1.22 bits per heavy atom. The highest BCUT2D eigenvalue weighted by Gasteiger charge is 2.22. The van der Waals surface area contributed by atoms with Crippen molar-refractivity contribution in [1.82, 2.24) is 14.7 Å². The number of nitrogens with zero attached hydrogens (tertiary/aromatic N) is 2. The van der Waals surface area contributed by atoms with Gasteiger partial charge in [-0.15, -0.1) is 0 Å². The molecule has 4 heteroatoms. The summed E-state index contributed by atoms with van der Waals surface area (Å²) in [5.74, 6) is 2.33. The van der Waals surface area contributed by atoms with Crippen molar-refractivity contribution in [2.75, 3.05) is 20.2 Å². The predicted octanol–water partition coefficient (Wildman–Crippen LogP) is 3.48. The van der Waals surface area contributed by atoms with E-state index in [1.165, 1.54) is 24.1 Å². The van der Waals surface area contributed by atoms with E-state index < -0.39 is 0 Å². The van der Waals surface area contributed by atoms with Crippen LogP contribution in [0.1, 0.15) is 24.5 Å². The minimum atomic E-state index is 0.487. The van der Waals surface area contributed by atoms with Crippen LogP contribution in [-0.2, 0) is 0 Å². The number of benzene rings is 1. The van der Waals surface area contributed by atoms with Crippen molar-refractivity contribution in [2.24, 2.45) is 0 Å². The van der Waals surface area contributed by atoms with Crippen LogP contribution in [0, 0.1) is 0 Å². The van der Waals surface area contributed by atoms with Crippen molar-refractivity contribution < 1.29 is 4.74 Å². The van der Waals surface area contributed by atoms with Gasteiger partial charge in [0.1, 0.15) is 11.6 Å². The summed E-state index contributed by atoms with van der Waals surface area (Å²) >= 11 is 0. The Bertz CT molecular complexity index is 818. The highest BCUT2D eigenvalue weighted by atomic mass is 16.5. The quantitative estimate of drug-likeness (QED) is 0.805. The summed E-state index contributed by atoms with van der Waals surface area (Å²) in [7, 11) is 1.70. The van der Waals surface area contributed by atoms with E-state index in [2.05, 4.69) is 40.2 Å². The van der Waals surface area contributed by atoms with E-state index in [-0.39, 0.29) is 0 Å². The van der Waals surface area contributed by atoms with Gasteiger partial charge in [-0.3, -0.25) is 4.40 Å². The van der Waals surface area contributed by atoms with Gasteiger partial charge in [-0.25, -0.2) is 4.98 Å². The molecule has 4 nitrogen and oxygen atoms in total. The van der Waals surface area contributed by atoms with Gasteiger partial charge in [0.25, 0.3) is 0 Å². The van der Waals surface area contributed by atoms with Crippen LogP contribution in [0.15, 0.2) is 48.7 Å². The van der Waals surface area contributed by atoms with Gasteiger partial charge >= 0.3 is 0 Å². The summed E-state index contributed by atoms with van der Waals surface area (Å²) in [6.07, 6.45) is 4.51. The number of fused-ring (bicyclic) bond motifs is 1. The Hall–Kier alpha value is -2.33. The maximum Gasteiger partial charge on any atom is 0.144 e. The van der Waals surface area contributed by atoms with E-state index in [0.717, 1.165) is 30.2 Å². The Balaban J connectivity index is 1.86. The minimum Gasteiger partial charge on any atom is -0.497 e. The van der Waals surface area contributed by atoms with Gasteiger partial charge in [-0.05, 0) is 43.7 Å². The van der Waals surface area contributed by atoms with Gasteiger partial charge in [0.15, 0.2) is 0 Å². The molecule has 3 heterocycles.